The molecule has 0 atom stereocenters. The number of nitriles is 1. The van der Waals surface area contributed by atoms with Gasteiger partial charge in [-0.3, -0.25) is 4.68 Å². The summed E-state index contributed by atoms with van der Waals surface area (Å²) in [4.78, 5) is 1.89. The number of hydrogen-bond acceptors (Lipinski definition) is 3. The molecule has 0 saturated carbocycles. The Morgan fingerprint density at radius 3 is 2.94 bits per heavy atom. The van der Waals surface area contributed by atoms with Crippen molar-refractivity contribution in [1.82, 2.24) is 9.78 Å². The van der Waals surface area contributed by atoms with Crippen LogP contribution in [0.1, 0.15) is 5.56 Å². The molecular weight excluding hydrogens is 242 g/mol. The first-order chi connectivity index (χ1) is 7.69. The molecule has 1 heterocycles. The Morgan fingerprint density at radius 2 is 2.31 bits per heavy atom. The van der Waals surface area contributed by atoms with Crippen molar-refractivity contribution in [2.45, 2.75) is 9.79 Å². The second-order valence-electron chi connectivity index (χ2n) is 3.20. The van der Waals surface area contributed by atoms with Gasteiger partial charge in [-0.2, -0.15) is 10.4 Å². The predicted molar refractivity (Wildman–Crippen MR) is 63.5 cm³/mol. The minimum Gasteiger partial charge on any atom is -0.275 e. The lowest BCUT2D eigenvalue weighted by Gasteiger charge is -2.01. The Morgan fingerprint density at radius 1 is 1.50 bits per heavy atom. The van der Waals surface area contributed by atoms with Crippen LogP contribution >= 0.6 is 23.4 Å². The Bertz CT molecular complexity index is 557. The summed E-state index contributed by atoms with van der Waals surface area (Å²) in [5, 5.41) is 13.6. The minimum absolute atomic E-state index is 0.576. The van der Waals surface area contributed by atoms with E-state index >= 15 is 0 Å². The number of nitrogens with zero attached hydrogens (tertiary/aromatic N) is 3. The average molecular weight is 250 g/mol. The van der Waals surface area contributed by atoms with Crippen molar-refractivity contribution in [2.75, 3.05) is 0 Å². The summed E-state index contributed by atoms with van der Waals surface area (Å²) in [6.45, 7) is 0. The van der Waals surface area contributed by atoms with Crippen molar-refractivity contribution < 1.29 is 0 Å². The highest BCUT2D eigenvalue weighted by Crippen LogP contribution is 2.31. The summed E-state index contributed by atoms with van der Waals surface area (Å²) in [7, 11) is 1.86. The molecule has 0 spiro atoms. The third-order valence-corrected chi connectivity index (χ3v) is 3.23. The third kappa shape index (κ3) is 2.38. The molecule has 0 amide bonds. The average Bonchev–Trinajstić information content (AvgIpc) is 2.67. The molecule has 0 aliphatic rings. The first-order valence-electron chi connectivity index (χ1n) is 4.55. The quantitative estimate of drug-likeness (QED) is 0.821. The third-order valence-electron chi connectivity index (χ3n) is 1.97. The smallest absolute Gasteiger partial charge is 0.100 e. The molecule has 0 radical (unpaired) electrons. The number of rotatable bonds is 2. The van der Waals surface area contributed by atoms with E-state index in [4.69, 9.17) is 16.9 Å². The van der Waals surface area contributed by atoms with Gasteiger partial charge < -0.3 is 0 Å². The summed E-state index contributed by atoms with van der Waals surface area (Å²) in [6, 6.07) is 7.42. The normalized spacial score (nSPS) is 10.1. The van der Waals surface area contributed by atoms with Gasteiger partial charge in [-0.15, -0.1) is 0 Å². The second kappa shape index (κ2) is 4.60. The highest BCUT2D eigenvalue weighted by atomic mass is 35.5. The Balaban J connectivity index is 2.31. The highest BCUT2D eigenvalue weighted by molar-refractivity contribution is 7.99. The van der Waals surface area contributed by atoms with E-state index in [1.54, 1.807) is 23.0 Å². The van der Waals surface area contributed by atoms with Crippen LogP contribution in [0.2, 0.25) is 5.02 Å². The molecule has 0 aliphatic heterocycles. The van der Waals surface area contributed by atoms with Crippen LogP contribution in [-0.4, -0.2) is 9.78 Å². The van der Waals surface area contributed by atoms with E-state index in [9.17, 15) is 0 Å². The van der Waals surface area contributed by atoms with Crippen molar-refractivity contribution in [3.8, 4) is 6.07 Å². The van der Waals surface area contributed by atoms with Crippen molar-refractivity contribution in [3.05, 3.63) is 41.2 Å². The molecule has 3 nitrogen and oxygen atoms in total. The van der Waals surface area contributed by atoms with E-state index in [1.807, 2.05) is 19.3 Å². The van der Waals surface area contributed by atoms with Crippen LogP contribution in [-0.2, 0) is 7.05 Å². The lowest BCUT2D eigenvalue weighted by Crippen LogP contribution is -1.84. The van der Waals surface area contributed by atoms with Gasteiger partial charge in [-0.25, -0.2) is 0 Å². The van der Waals surface area contributed by atoms with Crippen LogP contribution in [0, 0.1) is 11.3 Å². The first-order valence-corrected chi connectivity index (χ1v) is 5.74. The monoisotopic (exact) mass is 249 g/mol. The molecule has 1 aromatic heterocycles. The minimum atomic E-state index is 0.576. The van der Waals surface area contributed by atoms with E-state index in [0.29, 0.717) is 10.6 Å². The maximum atomic E-state index is 8.98. The van der Waals surface area contributed by atoms with Gasteiger partial charge >= 0.3 is 0 Å². The van der Waals surface area contributed by atoms with Gasteiger partial charge in [0.15, 0.2) is 0 Å². The van der Waals surface area contributed by atoms with Gasteiger partial charge in [-0.05, 0) is 18.2 Å². The SMILES string of the molecule is Cn1cc(Sc2ccc(Cl)cc2C#N)cn1. The Labute approximate surface area is 103 Å². The molecule has 0 fully saturated rings. The zero-order chi connectivity index (χ0) is 11.5. The van der Waals surface area contributed by atoms with Crippen molar-refractivity contribution in [3.63, 3.8) is 0 Å². The molecular formula is C11H8ClN3S. The van der Waals surface area contributed by atoms with E-state index in [1.165, 1.54) is 11.8 Å². The number of aryl methyl sites for hydroxylation is 1. The van der Waals surface area contributed by atoms with E-state index in [-0.39, 0.29) is 0 Å². The predicted octanol–water partition coefficient (Wildman–Crippen LogP) is 3.10. The maximum Gasteiger partial charge on any atom is 0.100 e. The second-order valence-corrected chi connectivity index (χ2v) is 4.76. The molecule has 0 unspecified atom stereocenters. The van der Waals surface area contributed by atoms with Crippen LogP contribution in [0.15, 0.2) is 40.4 Å². The number of aromatic nitrogens is 2. The molecule has 0 aliphatic carbocycles. The van der Waals surface area contributed by atoms with Gasteiger partial charge in [0.1, 0.15) is 6.07 Å². The van der Waals surface area contributed by atoms with Crippen molar-refractivity contribution >= 4 is 23.4 Å². The zero-order valence-corrected chi connectivity index (χ0v) is 10.1. The summed E-state index contributed by atoms with van der Waals surface area (Å²) in [6.07, 6.45) is 3.67. The summed E-state index contributed by atoms with van der Waals surface area (Å²) >= 11 is 7.33. The van der Waals surface area contributed by atoms with Crippen LogP contribution in [0.4, 0.5) is 0 Å². The first kappa shape index (κ1) is 11.1. The molecule has 0 saturated heterocycles. The summed E-state index contributed by atoms with van der Waals surface area (Å²) in [5.41, 5.74) is 0.585. The Hall–Kier alpha value is -1.44. The topological polar surface area (TPSA) is 41.6 Å². The fraction of sp³-hybridized carbons (Fsp3) is 0.0909. The van der Waals surface area contributed by atoms with Crippen molar-refractivity contribution in [1.29, 1.82) is 5.26 Å². The molecule has 0 bridgehead atoms. The van der Waals surface area contributed by atoms with Gasteiger partial charge in [0.25, 0.3) is 0 Å². The van der Waals surface area contributed by atoms with Crippen molar-refractivity contribution in [2.24, 2.45) is 7.05 Å². The number of halogens is 1. The van der Waals surface area contributed by atoms with Crippen LogP contribution < -0.4 is 0 Å². The van der Waals surface area contributed by atoms with Crippen LogP contribution in [0.3, 0.4) is 0 Å². The molecule has 80 valence electrons. The summed E-state index contributed by atoms with van der Waals surface area (Å²) < 4.78 is 1.73. The van der Waals surface area contributed by atoms with Gasteiger partial charge in [0.2, 0.25) is 0 Å². The largest absolute Gasteiger partial charge is 0.275 e. The van der Waals surface area contributed by atoms with Crippen LogP contribution in [0.25, 0.3) is 0 Å². The van der Waals surface area contributed by atoms with Gasteiger partial charge in [0, 0.05) is 23.2 Å². The highest BCUT2D eigenvalue weighted by Gasteiger charge is 2.06. The maximum absolute atomic E-state index is 8.98. The molecule has 2 aromatic rings. The molecule has 0 N–H and O–H groups in total. The van der Waals surface area contributed by atoms with Crippen LogP contribution in [0.5, 0.6) is 0 Å². The zero-order valence-electron chi connectivity index (χ0n) is 8.51. The lowest BCUT2D eigenvalue weighted by molar-refractivity contribution is 0.766. The molecule has 16 heavy (non-hydrogen) atoms. The van der Waals surface area contributed by atoms with E-state index < -0.39 is 0 Å². The fourth-order valence-electron chi connectivity index (χ4n) is 1.26. The molecule has 1 aromatic carbocycles. The van der Waals surface area contributed by atoms with Gasteiger partial charge in [0.05, 0.1) is 16.7 Å². The standard InChI is InChI=1S/C11H8ClN3S/c1-15-7-10(6-14-15)16-11-3-2-9(12)4-8(11)5-13/h2-4,6-7H,1H3. The van der Waals surface area contributed by atoms with E-state index in [2.05, 4.69) is 11.2 Å². The number of benzene rings is 1. The summed E-state index contributed by atoms with van der Waals surface area (Å²) in [5.74, 6) is 0. The molecule has 5 heteroatoms. The number of hydrogen-bond donors (Lipinski definition) is 0. The fourth-order valence-corrected chi connectivity index (χ4v) is 2.34. The lowest BCUT2D eigenvalue weighted by atomic mass is 10.2. The van der Waals surface area contributed by atoms with Gasteiger partial charge in [-0.1, -0.05) is 23.4 Å². The van der Waals surface area contributed by atoms with E-state index in [0.717, 1.165) is 9.79 Å². The Kier molecular flexibility index (Phi) is 3.18. The molecule has 2 rings (SSSR count).